The molecule has 0 bridgehead atoms. The number of fused-ring (bicyclic) bond motifs is 1. The monoisotopic (exact) mass is 719 g/mol. The summed E-state index contributed by atoms with van der Waals surface area (Å²) in [6, 6.07) is 23.8. The molecule has 49 heavy (non-hydrogen) atoms. The molecule has 0 aliphatic carbocycles. The molecule has 0 fully saturated rings. The molecule has 0 unspecified atom stereocenters. The molecule has 16 heteroatoms. The number of rotatable bonds is 8. The van der Waals surface area contributed by atoms with Gasteiger partial charge in [0.25, 0.3) is 16.0 Å². The molecule has 5 rings (SSSR count). The third kappa shape index (κ3) is 9.76. The van der Waals surface area contributed by atoms with Crippen LogP contribution in [0.1, 0.15) is 36.7 Å². The molecule has 0 radical (unpaired) electrons. The van der Waals surface area contributed by atoms with Crippen molar-refractivity contribution in [2.75, 3.05) is 5.32 Å². The number of nitrogens with zero attached hydrogens (tertiary/aromatic N) is 2. The van der Waals surface area contributed by atoms with Crippen LogP contribution in [-0.4, -0.2) is 31.8 Å². The van der Waals surface area contributed by atoms with Gasteiger partial charge in [0.1, 0.15) is 26.5 Å². The van der Waals surface area contributed by atoms with Crippen LogP contribution >= 0.6 is 0 Å². The van der Waals surface area contributed by atoms with Crippen molar-refractivity contribution < 1.29 is 99.7 Å². The largest absolute Gasteiger partial charge is 1.00 e. The Kier molecular flexibility index (Phi) is 13.0. The van der Waals surface area contributed by atoms with E-state index in [-0.39, 0.29) is 86.6 Å². The SMILES string of the molecule is CC(C)(C)c1ccc(Oc2cccc(N=Nc3c(S(=O)(=O)O)cc4cc(S(=O)(=O)[O-])cc(NC(=O)c5ccccc5)c4c3[O-])c2)cc1.[Na+].[Na+]. The van der Waals surface area contributed by atoms with Crippen LogP contribution in [0.2, 0.25) is 0 Å². The topological polar surface area (TPSA) is 198 Å². The van der Waals surface area contributed by atoms with Gasteiger partial charge in [0.2, 0.25) is 0 Å². The van der Waals surface area contributed by atoms with Gasteiger partial charge in [-0.3, -0.25) is 9.35 Å². The third-order valence-corrected chi connectivity index (χ3v) is 8.67. The molecular weight excluding hydrogens is 692 g/mol. The summed E-state index contributed by atoms with van der Waals surface area (Å²) in [5.41, 5.74) is 0.136. The zero-order valence-electron chi connectivity index (χ0n) is 27.2. The van der Waals surface area contributed by atoms with E-state index >= 15 is 0 Å². The smallest absolute Gasteiger partial charge is 0.870 e. The number of hydrogen-bond acceptors (Lipinski definition) is 10. The van der Waals surface area contributed by atoms with Gasteiger partial charge < -0.3 is 19.7 Å². The standard InChI is InChI=1S/C33H29N3O9S2.2Na/c1-33(2,3)22-12-14-24(15-13-22)45-25-11-7-10-23(18-25)35-36-30-28(47(42,43)44)17-21-16-26(46(39,40)41)19-27(29(21)31(30)37)34-32(38)20-8-5-4-6-9-20;;/h4-19,37H,1-3H3,(H,34,38)(H,39,40,41)(H,42,43,44);;/q;2*+1/p-2. The van der Waals surface area contributed by atoms with E-state index < -0.39 is 53.1 Å². The predicted molar refractivity (Wildman–Crippen MR) is 171 cm³/mol. The van der Waals surface area contributed by atoms with Crippen molar-refractivity contribution in [3.8, 4) is 17.2 Å². The molecule has 242 valence electrons. The molecule has 0 spiro atoms. The van der Waals surface area contributed by atoms with Crippen molar-refractivity contribution in [1.82, 2.24) is 0 Å². The molecule has 1 amide bonds. The number of anilines is 1. The number of benzene rings is 5. The Balaban J connectivity index is 0.00000325. The van der Waals surface area contributed by atoms with E-state index in [2.05, 4.69) is 36.3 Å². The maximum Gasteiger partial charge on any atom is 1.00 e. The first-order chi connectivity index (χ1) is 22.0. The maximum absolute atomic E-state index is 13.8. The quantitative estimate of drug-likeness (QED) is 0.133. The van der Waals surface area contributed by atoms with Gasteiger partial charge in [-0.2, -0.15) is 13.5 Å². The Hall–Kier alpha value is -3.15. The van der Waals surface area contributed by atoms with Crippen LogP contribution in [0.3, 0.4) is 0 Å². The van der Waals surface area contributed by atoms with Crippen LogP contribution < -0.4 is 74.3 Å². The Morgan fingerprint density at radius 1 is 0.816 bits per heavy atom. The van der Waals surface area contributed by atoms with E-state index in [9.17, 15) is 35.8 Å². The van der Waals surface area contributed by atoms with Gasteiger partial charge in [-0.25, -0.2) is 8.42 Å². The van der Waals surface area contributed by atoms with E-state index in [1.54, 1.807) is 30.3 Å². The van der Waals surface area contributed by atoms with Gasteiger partial charge in [0.15, 0.2) is 0 Å². The Labute approximate surface area is 327 Å². The normalized spacial score (nSPS) is 11.9. The van der Waals surface area contributed by atoms with Crippen LogP contribution in [-0.2, 0) is 25.7 Å². The molecule has 12 nitrogen and oxygen atoms in total. The molecule has 0 aromatic heterocycles. The molecule has 5 aromatic carbocycles. The van der Waals surface area contributed by atoms with Gasteiger partial charge >= 0.3 is 59.1 Å². The van der Waals surface area contributed by atoms with Crippen molar-refractivity contribution in [1.29, 1.82) is 0 Å². The molecule has 5 aromatic rings. The fraction of sp³-hybridized carbons (Fsp3) is 0.121. The van der Waals surface area contributed by atoms with E-state index in [4.69, 9.17) is 4.74 Å². The average Bonchev–Trinajstić information content (AvgIpc) is 2.99. The fourth-order valence-electron chi connectivity index (χ4n) is 4.64. The van der Waals surface area contributed by atoms with Crippen LogP contribution in [0.5, 0.6) is 17.2 Å². The van der Waals surface area contributed by atoms with Gasteiger partial charge in [0, 0.05) is 17.3 Å². The fourth-order valence-corrected chi connectivity index (χ4v) is 5.83. The van der Waals surface area contributed by atoms with Gasteiger partial charge in [-0.15, -0.1) is 5.11 Å². The average molecular weight is 720 g/mol. The summed E-state index contributed by atoms with van der Waals surface area (Å²) in [7, 11) is -10.3. The summed E-state index contributed by atoms with van der Waals surface area (Å²) in [6.07, 6.45) is 0. The van der Waals surface area contributed by atoms with Gasteiger partial charge in [0.05, 0.1) is 16.3 Å². The Bertz CT molecular complexity index is 2260. The van der Waals surface area contributed by atoms with E-state index in [1.807, 2.05) is 24.3 Å². The summed E-state index contributed by atoms with van der Waals surface area (Å²) in [5.74, 6) is -0.971. The van der Waals surface area contributed by atoms with Crippen molar-refractivity contribution in [2.24, 2.45) is 10.2 Å². The number of azo groups is 1. The second kappa shape index (κ2) is 15.8. The summed E-state index contributed by atoms with van der Waals surface area (Å²) in [4.78, 5) is 11.1. The van der Waals surface area contributed by atoms with Crippen molar-refractivity contribution in [3.05, 3.63) is 108 Å². The minimum absolute atomic E-state index is 0. The van der Waals surface area contributed by atoms with Gasteiger partial charge in [-0.05, 0) is 76.3 Å². The number of hydrogen-bond donors (Lipinski definition) is 2. The van der Waals surface area contributed by atoms with E-state index in [0.717, 1.165) is 23.8 Å². The van der Waals surface area contributed by atoms with Crippen molar-refractivity contribution in [3.63, 3.8) is 0 Å². The predicted octanol–water partition coefficient (Wildman–Crippen LogP) is 0.830. The molecule has 0 saturated heterocycles. The maximum atomic E-state index is 13.8. The van der Waals surface area contributed by atoms with Crippen LogP contribution in [0.25, 0.3) is 10.8 Å². The second-order valence-corrected chi connectivity index (χ2v) is 14.2. The van der Waals surface area contributed by atoms with Crippen molar-refractivity contribution >= 4 is 54.0 Å². The molecule has 0 saturated carbocycles. The number of carbonyl (C=O) groups excluding carboxylic acids is 1. The zero-order chi connectivity index (χ0) is 34.1. The minimum atomic E-state index is -5.14. The first kappa shape index (κ1) is 40.3. The first-order valence-corrected chi connectivity index (χ1v) is 16.8. The summed E-state index contributed by atoms with van der Waals surface area (Å²) >= 11 is 0. The Morgan fingerprint density at radius 3 is 2.06 bits per heavy atom. The molecule has 0 heterocycles. The van der Waals surface area contributed by atoms with Crippen LogP contribution in [0.15, 0.2) is 117 Å². The van der Waals surface area contributed by atoms with Crippen molar-refractivity contribution in [2.45, 2.75) is 36.0 Å². The molecule has 0 aliphatic heterocycles. The summed E-state index contributed by atoms with van der Waals surface area (Å²) in [5, 5.41) is 23.3. The molecule has 2 N–H and O–H groups in total. The van der Waals surface area contributed by atoms with Gasteiger partial charge in [-0.1, -0.05) is 62.9 Å². The number of amides is 1. The molecule has 0 aliphatic rings. The second-order valence-electron chi connectivity index (χ2n) is 11.4. The summed E-state index contributed by atoms with van der Waals surface area (Å²) in [6.45, 7) is 6.26. The third-order valence-electron chi connectivity index (χ3n) is 6.99. The zero-order valence-corrected chi connectivity index (χ0v) is 32.8. The van der Waals surface area contributed by atoms with Crippen LogP contribution in [0.4, 0.5) is 17.1 Å². The minimum Gasteiger partial charge on any atom is -0.870 e. The number of nitrogens with one attached hydrogen (secondary N) is 1. The molecule has 0 atom stereocenters. The van der Waals surface area contributed by atoms with E-state index in [0.29, 0.717) is 11.5 Å². The Morgan fingerprint density at radius 2 is 1.47 bits per heavy atom. The number of ether oxygens (including phenoxy) is 1. The number of carbonyl (C=O) groups is 1. The van der Waals surface area contributed by atoms with E-state index in [1.165, 1.54) is 24.3 Å². The molecular formula is C33H27N3Na2O9S2. The van der Waals surface area contributed by atoms with Crippen LogP contribution in [0, 0.1) is 0 Å². The first-order valence-electron chi connectivity index (χ1n) is 13.9. The summed E-state index contributed by atoms with van der Waals surface area (Å²) < 4.78 is 76.4.